The molecule has 1 N–H and O–H groups in total. The molecule has 5 heteroatoms. The molecule has 0 aliphatic heterocycles. The van der Waals surface area contributed by atoms with Gasteiger partial charge < -0.3 is 15.0 Å². The molecule has 29 heavy (non-hydrogen) atoms. The fourth-order valence-corrected chi connectivity index (χ4v) is 3.34. The van der Waals surface area contributed by atoms with Crippen molar-refractivity contribution >= 4 is 11.9 Å². The predicted octanol–water partition coefficient (Wildman–Crippen LogP) is 4.44. The lowest BCUT2D eigenvalue weighted by Crippen LogP contribution is -2.44. The molecule has 0 heterocycles. The molecule has 168 valence electrons. The Hall–Kier alpha value is -1.62. The summed E-state index contributed by atoms with van der Waals surface area (Å²) in [4.78, 5) is 27.2. The SMILES string of the molecule is CCOC(=O)/C(C)=C/[C@H](C(C)C)N(C)C(=O)[C@H](/C=C/[C@@H](NC)C(C)(C)C)C(C)C. The standard InChI is InChI=1S/C24H44N2O3/c1-12-29-23(28)18(6)15-20(17(4)5)26(11)22(27)19(16(2)3)13-14-21(25-10)24(7,8)9/h13-17,19-21,25H,12H2,1-11H3/b14-13+,18-15+/t19-,20-,21-/m1/s1. The number of esters is 1. The summed E-state index contributed by atoms with van der Waals surface area (Å²) < 4.78 is 5.09. The lowest BCUT2D eigenvalue weighted by Gasteiger charge is -2.33. The molecular weight excluding hydrogens is 364 g/mol. The number of nitrogens with one attached hydrogen (secondary N) is 1. The van der Waals surface area contributed by atoms with Gasteiger partial charge in [0.2, 0.25) is 5.91 Å². The molecular formula is C24H44N2O3. The van der Waals surface area contributed by atoms with E-state index in [-0.39, 0.29) is 47.1 Å². The van der Waals surface area contributed by atoms with Gasteiger partial charge in [-0.1, -0.05) is 66.7 Å². The van der Waals surface area contributed by atoms with E-state index in [1.165, 1.54) is 0 Å². The maximum absolute atomic E-state index is 13.4. The zero-order valence-corrected chi connectivity index (χ0v) is 20.5. The van der Waals surface area contributed by atoms with Crippen LogP contribution in [0.3, 0.4) is 0 Å². The second kappa shape index (κ2) is 12.2. The van der Waals surface area contributed by atoms with E-state index in [0.29, 0.717) is 12.2 Å². The van der Waals surface area contributed by atoms with Gasteiger partial charge in [0.15, 0.2) is 0 Å². The lowest BCUT2D eigenvalue weighted by atomic mass is 9.84. The summed E-state index contributed by atoms with van der Waals surface area (Å²) in [7, 11) is 3.76. The third-order valence-electron chi connectivity index (χ3n) is 5.25. The first-order chi connectivity index (χ1) is 13.3. The Morgan fingerprint density at radius 2 is 1.62 bits per heavy atom. The number of hydrogen-bond acceptors (Lipinski definition) is 4. The third-order valence-corrected chi connectivity index (χ3v) is 5.25. The second-order valence-corrected chi connectivity index (χ2v) is 9.54. The largest absolute Gasteiger partial charge is 0.463 e. The van der Waals surface area contributed by atoms with Crippen LogP contribution in [0.25, 0.3) is 0 Å². The maximum Gasteiger partial charge on any atom is 0.333 e. The Morgan fingerprint density at radius 1 is 1.07 bits per heavy atom. The van der Waals surface area contributed by atoms with Gasteiger partial charge in [-0.25, -0.2) is 4.79 Å². The Labute approximate surface area is 178 Å². The van der Waals surface area contributed by atoms with Crippen LogP contribution < -0.4 is 5.32 Å². The zero-order valence-electron chi connectivity index (χ0n) is 20.5. The normalized spacial score (nSPS) is 16.2. The Balaban J connectivity index is 5.71. The van der Waals surface area contributed by atoms with Crippen LogP contribution in [0.4, 0.5) is 0 Å². The highest BCUT2D eigenvalue weighted by Crippen LogP contribution is 2.24. The second-order valence-electron chi connectivity index (χ2n) is 9.54. The number of hydrogen-bond donors (Lipinski definition) is 1. The number of carbonyl (C=O) groups excluding carboxylic acids is 2. The number of ether oxygens (including phenoxy) is 1. The third kappa shape index (κ3) is 8.73. The molecule has 0 aromatic heterocycles. The maximum atomic E-state index is 13.4. The van der Waals surface area contributed by atoms with Crippen molar-refractivity contribution in [3.8, 4) is 0 Å². The minimum atomic E-state index is -0.332. The smallest absolute Gasteiger partial charge is 0.333 e. The van der Waals surface area contributed by atoms with Crippen molar-refractivity contribution in [2.24, 2.45) is 23.2 Å². The number of amides is 1. The highest BCUT2D eigenvalue weighted by atomic mass is 16.5. The summed E-state index contributed by atoms with van der Waals surface area (Å²) in [6.07, 6.45) is 6.00. The average Bonchev–Trinajstić information content (AvgIpc) is 2.60. The van der Waals surface area contributed by atoms with Crippen molar-refractivity contribution in [3.05, 3.63) is 23.8 Å². The Kier molecular flexibility index (Phi) is 11.5. The van der Waals surface area contributed by atoms with E-state index < -0.39 is 0 Å². The van der Waals surface area contributed by atoms with Crippen molar-refractivity contribution in [1.29, 1.82) is 0 Å². The van der Waals surface area contributed by atoms with Crippen molar-refractivity contribution in [2.45, 2.75) is 74.4 Å². The summed E-state index contributed by atoms with van der Waals surface area (Å²) >= 11 is 0. The molecule has 0 fully saturated rings. The van der Waals surface area contributed by atoms with Crippen LogP contribution in [-0.2, 0) is 14.3 Å². The van der Waals surface area contributed by atoms with Crippen LogP contribution >= 0.6 is 0 Å². The molecule has 0 unspecified atom stereocenters. The van der Waals surface area contributed by atoms with Crippen molar-refractivity contribution < 1.29 is 14.3 Å². The summed E-state index contributed by atoms with van der Waals surface area (Å²) in [5, 5.41) is 3.32. The fourth-order valence-electron chi connectivity index (χ4n) is 3.34. The molecule has 0 aliphatic carbocycles. The quantitative estimate of drug-likeness (QED) is 0.330. The molecule has 0 aromatic rings. The van der Waals surface area contributed by atoms with Crippen LogP contribution in [0.2, 0.25) is 0 Å². The molecule has 0 aromatic carbocycles. The van der Waals surface area contributed by atoms with Gasteiger partial charge in [-0.05, 0) is 38.1 Å². The van der Waals surface area contributed by atoms with Crippen molar-refractivity contribution in [1.82, 2.24) is 10.2 Å². The number of likely N-dealkylation sites (N-methyl/N-ethyl adjacent to an activating group) is 2. The minimum absolute atomic E-state index is 0.0572. The first-order valence-electron chi connectivity index (χ1n) is 10.8. The minimum Gasteiger partial charge on any atom is -0.463 e. The van der Waals surface area contributed by atoms with Gasteiger partial charge in [0.05, 0.1) is 18.6 Å². The first kappa shape index (κ1) is 27.4. The lowest BCUT2D eigenvalue weighted by molar-refractivity contribution is -0.139. The molecule has 0 radical (unpaired) electrons. The fraction of sp³-hybridized carbons (Fsp3) is 0.750. The van der Waals surface area contributed by atoms with Gasteiger partial charge in [-0.3, -0.25) is 4.79 Å². The summed E-state index contributed by atoms with van der Waals surface area (Å²) in [6.45, 7) is 18.6. The highest BCUT2D eigenvalue weighted by molar-refractivity contribution is 5.88. The number of nitrogens with zero attached hydrogens (tertiary/aromatic N) is 1. The summed E-state index contributed by atoms with van der Waals surface area (Å²) in [6, 6.07) is -0.00187. The average molecular weight is 409 g/mol. The van der Waals surface area contributed by atoms with E-state index in [9.17, 15) is 9.59 Å². The molecule has 0 saturated heterocycles. The molecule has 0 aliphatic rings. The van der Waals surface area contributed by atoms with E-state index in [1.807, 2.05) is 26.2 Å². The molecule has 3 atom stereocenters. The highest BCUT2D eigenvalue weighted by Gasteiger charge is 2.29. The van der Waals surface area contributed by atoms with Crippen molar-refractivity contribution in [2.75, 3.05) is 20.7 Å². The monoisotopic (exact) mass is 408 g/mol. The van der Waals surface area contributed by atoms with E-state index >= 15 is 0 Å². The molecule has 0 bridgehead atoms. The van der Waals surface area contributed by atoms with Crippen LogP contribution in [0, 0.1) is 23.2 Å². The summed E-state index contributed by atoms with van der Waals surface area (Å²) in [5.41, 5.74) is 0.589. The molecule has 1 amide bonds. The molecule has 0 rings (SSSR count). The topological polar surface area (TPSA) is 58.6 Å². The summed E-state index contributed by atoms with van der Waals surface area (Å²) in [5.74, 6) is -0.157. The van der Waals surface area contributed by atoms with E-state index in [4.69, 9.17) is 4.74 Å². The molecule has 5 nitrogen and oxygen atoms in total. The van der Waals surface area contributed by atoms with E-state index in [1.54, 1.807) is 18.7 Å². The molecule has 0 saturated carbocycles. The molecule has 0 spiro atoms. The van der Waals surface area contributed by atoms with Crippen LogP contribution in [0.1, 0.15) is 62.3 Å². The predicted molar refractivity (Wildman–Crippen MR) is 122 cm³/mol. The number of rotatable bonds is 10. The zero-order chi connectivity index (χ0) is 22.9. The van der Waals surface area contributed by atoms with Gasteiger partial charge >= 0.3 is 5.97 Å². The Bertz CT molecular complexity index is 585. The van der Waals surface area contributed by atoms with Gasteiger partial charge in [0.1, 0.15) is 0 Å². The van der Waals surface area contributed by atoms with Gasteiger partial charge in [-0.15, -0.1) is 0 Å². The Morgan fingerprint density at radius 3 is 2.00 bits per heavy atom. The first-order valence-corrected chi connectivity index (χ1v) is 10.8. The van der Waals surface area contributed by atoms with Gasteiger partial charge in [0, 0.05) is 18.7 Å². The van der Waals surface area contributed by atoms with Crippen LogP contribution in [0.15, 0.2) is 23.8 Å². The van der Waals surface area contributed by atoms with Crippen molar-refractivity contribution in [3.63, 3.8) is 0 Å². The van der Waals surface area contributed by atoms with E-state index in [0.717, 1.165) is 0 Å². The van der Waals surface area contributed by atoms with Crippen LogP contribution in [0.5, 0.6) is 0 Å². The van der Waals surface area contributed by atoms with Crippen LogP contribution in [-0.4, -0.2) is 49.6 Å². The van der Waals surface area contributed by atoms with Gasteiger partial charge in [-0.2, -0.15) is 0 Å². The number of carbonyl (C=O) groups is 2. The van der Waals surface area contributed by atoms with Gasteiger partial charge in [0.25, 0.3) is 0 Å². The van der Waals surface area contributed by atoms with E-state index in [2.05, 4.69) is 59.9 Å².